The molecule has 0 spiro atoms. The maximum absolute atomic E-state index is 2.43. The number of rotatable bonds is 9. The van der Waals surface area contributed by atoms with E-state index in [4.69, 9.17) is 0 Å². The van der Waals surface area contributed by atoms with Gasteiger partial charge in [-0.05, 0) is 191 Å². The summed E-state index contributed by atoms with van der Waals surface area (Å²) in [5.41, 5.74) is 27.5. The Hall–Kier alpha value is -7.22. The highest BCUT2D eigenvalue weighted by molar-refractivity contribution is 5.95. The molecule has 9 aromatic carbocycles. The first-order chi connectivity index (χ1) is 30.2. The van der Waals surface area contributed by atoms with Gasteiger partial charge in [-0.15, -0.1) is 0 Å². The first-order valence-corrected chi connectivity index (χ1v) is 21.8. The van der Waals surface area contributed by atoms with Crippen LogP contribution in [0.25, 0.3) is 66.8 Å². The highest BCUT2D eigenvalue weighted by atomic mass is 15.1. The van der Waals surface area contributed by atoms with Gasteiger partial charge >= 0.3 is 0 Å². The Balaban J connectivity index is 1.26. The van der Waals surface area contributed by atoms with E-state index in [0.29, 0.717) is 0 Å². The van der Waals surface area contributed by atoms with Crippen LogP contribution < -0.4 is 4.90 Å². The summed E-state index contributed by atoms with van der Waals surface area (Å²) in [6.45, 7) is 16.0. The van der Waals surface area contributed by atoms with Crippen LogP contribution in [0, 0.1) is 48.5 Å². The van der Waals surface area contributed by atoms with Gasteiger partial charge in [0.15, 0.2) is 0 Å². The van der Waals surface area contributed by atoms with Gasteiger partial charge < -0.3 is 4.90 Å². The van der Waals surface area contributed by atoms with Crippen molar-refractivity contribution in [2.45, 2.75) is 48.5 Å². The fourth-order valence-corrected chi connectivity index (χ4v) is 10.3. The fourth-order valence-electron chi connectivity index (χ4n) is 10.3. The molecule has 9 rings (SSSR count). The second-order valence-electron chi connectivity index (χ2n) is 16.7. The van der Waals surface area contributed by atoms with E-state index >= 15 is 0 Å². The third-order valence-corrected chi connectivity index (χ3v) is 12.8. The van der Waals surface area contributed by atoms with Crippen LogP contribution in [0.1, 0.15) is 38.9 Å². The van der Waals surface area contributed by atoms with E-state index in [2.05, 4.69) is 247 Å². The Bertz CT molecular complexity index is 2730. The summed E-state index contributed by atoms with van der Waals surface area (Å²) in [5.74, 6) is 0. The number of anilines is 3. The molecule has 0 aliphatic rings. The predicted octanol–water partition coefficient (Wildman–Crippen LogP) is 17.3. The SMILES string of the molecule is Cc1cccc(N(c2cccc(-c3c(C)c(-c4ccccc4)c(C)c(-c4ccccc4)c3C)c2)c2cccc(-c3c(C)c(-c4ccccc4)c(C)c(-c4ccccc4)c3C)c2)c1. The first-order valence-electron chi connectivity index (χ1n) is 21.8. The molecule has 0 N–H and O–H groups in total. The van der Waals surface area contributed by atoms with Gasteiger partial charge in [0.05, 0.1) is 0 Å². The van der Waals surface area contributed by atoms with Crippen LogP contribution >= 0.6 is 0 Å². The molecule has 0 radical (unpaired) electrons. The Kier molecular flexibility index (Phi) is 11.0. The molecule has 0 heterocycles. The minimum Gasteiger partial charge on any atom is -0.310 e. The molecule has 0 aliphatic carbocycles. The van der Waals surface area contributed by atoms with Crippen molar-refractivity contribution in [3.05, 3.63) is 233 Å². The molecule has 0 unspecified atom stereocenters. The van der Waals surface area contributed by atoms with Gasteiger partial charge in [0.25, 0.3) is 0 Å². The molecule has 1 nitrogen and oxygen atoms in total. The molecular formula is C61H53N. The molecule has 1 heteroatoms. The van der Waals surface area contributed by atoms with E-state index in [1.165, 1.54) is 106 Å². The van der Waals surface area contributed by atoms with E-state index < -0.39 is 0 Å². The van der Waals surface area contributed by atoms with Crippen molar-refractivity contribution in [1.29, 1.82) is 0 Å². The van der Waals surface area contributed by atoms with Crippen molar-refractivity contribution in [2.75, 3.05) is 4.90 Å². The van der Waals surface area contributed by atoms with Gasteiger partial charge in [-0.1, -0.05) is 158 Å². The molecule has 0 saturated carbocycles. The van der Waals surface area contributed by atoms with Gasteiger partial charge in [-0.2, -0.15) is 0 Å². The molecule has 0 aliphatic heterocycles. The Morgan fingerprint density at radius 1 is 0.226 bits per heavy atom. The largest absolute Gasteiger partial charge is 0.310 e. The second kappa shape index (κ2) is 17.0. The first kappa shape index (κ1) is 40.2. The van der Waals surface area contributed by atoms with Gasteiger partial charge in [0.1, 0.15) is 0 Å². The van der Waals surface area contributed by atoms with Gasteiger partial charge in [-0.25, -0.2) is 0 Å². The van der Waals surface area contributed by atoms with Crippen LogP contribution in [0.5, 0.6) is 0 Å². The summed E-state index contributed by atoms with van der Waals surface area (Å²) in [7, 11) is 0. The van der Waals surface area contributed by atoms with Gasteiger partial charge in [0, 0.05) is 17.1 Å². The molecule has 62 heavy (non-hydrogen) atoms. The van der Waals surface area contributed by atoms with Crippen LogP contribution in [0.3, 0.4) is 0 Å². The van der Waals surface area contributed by atoms with Crippen LogP contribution in [0.4, 0.5) is 17.1 Å². The fraction of sp³-hybridized carbons (Fsp3) is 0.115. The molecule has 0 atom stereocenters. The quantitative estimate of drug-likeness (QED) is 0.141. The third-order valence-electron chi connectivity index (χ3n) is 12.8. The normalized spacial score (nSPS) is 11.1. The smallest absolute Gasteiger partial charge is 0.0467 e. The maximum Gasteiger partial charge on any atom is 0.0467 e. The average Bonchev–Trinajstić information content (AvgIpc) is 3.28. The summed E-state index contributed by atoms with van der Waals surface area (Å²) < 4.78 is 0. The van der Waals surface area contributed by atoms with Crippen LogP contribution in [0.2, 0.25) is 0 Å². The van der Waals surface area contributed by atoms with Crippen LogP contribution in [0.15, 0.2) is 194 Å². The molecule has 9 aromatic rings. The topological polar surface area (TPSA) is 3.24 Å². The molecule has 0 bridgehead atoms. The third kappa shape index (κ3) is 7.35. The molecule has 0 fully saturated rings. The zero-order chi connectivity index (χ0) is 42.9. The molecule has 0 saturated heterocycles. The number of aryl methyl sites for hydroxylation is 1. The number of benzene rings is 9. The van der Waals surface area contributed by atoms with E-state index in [9.17, 15) is 0 Å². The highest BCUT2D eigenvalue weighted by Crippen LogP contribution is 2.47. The van der Waals surface area contributed by atoms with Crippen molar-refractivity contribution in [3.8, 4) is 66.8 Å². The summed E-state index contributed by atoms with van der Waals surface area (Å²) in [4.78, 5) is 2.43. The van der Waals surface area contributed by atoms with E-state index in [1.807, 2.05) is 0 Å². The van der Waals surface area contributed by atoms with Crippen molar-refractivity contribution in [2.24, 2.45) is 0 Å². The zero-order valence-electron chi connectivity index (χ0n) is 36.9. The number of nitrogens with zero attached hydrogens (tertiary/aromatic N) is 1. The Morgan fingerprint density at radius 3 is 0.758 bits per heavy atom. The monoisotopic (exact) mass is 799 g/mol. The maximum atomic E-state index is 2.43. The predicted molar refractivity (Wildman–Crippen MR) is 267 cm³/mol. The highest BCUT2D eigenvalue weighted by Gasteiger charge is 2.24. The van der Waals surface area contributed by atoms with E-state index in [1.54, 1.807) is 0 Å². The Labute approximate surface area is 368 Å². The van der Waals surface area contributed by atoms with Crippen LogP contribution in [-0.4, -0.2) is 0 Å². The molecule has 302 valence electrons. The lowest BCUT2D eigenvalue weighted by atomic mass is 9.80. The zero-order valence-corrected chi connectivity index (χ0v) is 36.9. The molecular weight excluding hydrogens is 747 g/mol. The second-order valence-corrected chi connectivity index (χ2v) is 16.7. The summed E-state index contributed by atoms with van der Waals surface area (Å²) in [6.07, 6.45) is 0. The standard InChI is InChI=1S/C61H53N/c1-40-23-20-34-53(37-40)62(54-35-21-32-51(38-54)60-43(4)56(47-24-12-8-13-25-47)41(2)57(44(60)5)48-26-14-9-15-27-48)55-36-22-33-52(39-55)61-45(6)58(49-28-16-10-17-29-49)42(3)59(46(61)7)50-30-18-11-19-31-50/h8-39H,1-7H3. The minimum absolute atomic E-state index is 1.11. The van der Waals surface area contributed by atoms with E-state index in [-0.39, 0.29) is 0 Å². The van der Waals surface area contributed by atoms with Gasteiger partial charge in [0.2, 0.25) is 0 Å². The summed E-state index contributed by atoms with van der Waals surface area (Å²) in [6, 6.07) is 70.8. The average molecular weight is 800 g/mol. The van der Waals surface area contributed by atoms with Crippen molar-refractivity contribution in [1.82, 2.24) is 0 Å². The van der Waals surface area contributed by atoms with Crippen molar-refractivity contribution >= 4 is 17.1 Å². The molecule has 0 amide bonds. The van der Waals surface area contributed by atoms with E-state index in [0.717, 1.165) is 17.1 Å². The van der Waals surface area contributed by atoms with Crippen molar-refractivity contribution < 1.29 is 0 Å². The van der Waals surface area contributed by atoms with Crippen molar-refractivity contribution in [3.63, 3.8) is 0 Å². The molecule has 0 aromatic heterocycles. The van der Waals surface area contributed by atoms with Gasteiger partial charge in [-0.3, -0.25) is 0 Å². The Morgan fingerprint density at radius 2 is 0.468 bits per heavy atom. The minimum atomic E-state index is 1.11. The number of hydrogen-bond acceptors (Lipinski definition) is 1. The lowest BCUT2D eigenvalue weighted by molar-refractivity contribution is 1.26. The summed E-state index contributed by atoms with van der Waals surface area (Å²) >= 11 is 0. The number of hydrogen-bond donors (Lipinski definition) is 0. The van der Waals surface area contributed by atoms with Crippen LogP contribution in [-0.2, 0) is 0 Å². The lowest BCUT2D eigenvalue weighted by Crippen LogP contribution is -2.11. The summed E-state index contributed by atoms with van der Waals surface area (Å²) in [5, 5.41) is 0. The lowest BCUT2D eigenvalue weighted by Gasteiger charge is -2.28.